The lowest BCUT2D eigenvalue weighted by molar-refractivity contribution is -0.143. The van der Waals surface area contributed by atoms with E-state index >= 15 is 0 Å². The van der Waals surface area contributed by atoms with Crippen molar-refractivity contribution in [1.82, 2.24) is 0 Å². The molecule has 0 saturated carbocycles. The quantitative estimate of drug-likeness (QED) is 0.911. The molecule has 1 heterocycles. The van der Waals surface area contributed by atoms with Gasteiger partial charge in [-0.15, -0.1) is 11.3 Å². The lowest BCUT2D eigenvalue weighted by Gasteiger charge is -2.26. The van der Waals surface area contributed by atoms with Crippen LogP contribution in [-0.2, 0) is 16.6 Å². The molecule has 2 nitrogen and oxygen atoms in total. The fourth-order valence-corrected chi connectivity index (χ4v) is 3.10. The van der Waals surface area contributed by atoms with Crippen LogP contribution >= 0.6 is 11.3 Å². The van der Waals surface area contributed by atoms with Crippen molar-refractivity contribution < 1.29 is 9.90 Å². The Morgan fingerprint density at radius 2 is 2.00 bits per heavy atom. The summed E-state index contributed by atoms with van der Waals surface area (Å²) in [6.07, 6.45) is 0.533. The van der Waals surface area contributed by atoms with Crippen LogP contribution in [0.2, 0.25) is 0 Å². The molecule has 2 aromatic rings. The molecule has 0 aliphatic rings. The van der Waals surface area contributed by atoms with Crippen LogP contribution in [0, 0.1) is 6.92 Å². The van der Waals surface area contributed by atoms with E-state index in [1.165, 1.54) is 0 Å². The molecule has 1 unspecified atom stereocenters. The minimum atomic E-state index is -0.865. The van der Waals surface area contributed by atoms with Crippen LogP contribution in [0.25, 0.3) is 0 Å². The predicted octanol–water partition coefficient (Wildman–Crippen LogP) is 3.64. The minimum Gasteiger partial charge on any atom is -0.481 e. The van der Waals surface area contributed by atoms with E-state index in [-0.39, 0.29) is 0 Å². The number of hydrogen-bond donors (Lipinski definition) is 1. The van der Waals surface area contributed by atoms with Crippen LogP contribution in [0.3, 0.4) is 0 Å². The highest BCUT2D eigenvalue weighted by Gasteiger charge is 2.36. The zero-order chi connectivity index (χ0) is 13.2. The highest BCUT2D eigenvalue weighted by atomic mass is 32.1. The maximum Gasteiger partial charge on any atom is 0.314 e. The Morgan fingerprint density at radius 1 is 1.28 bits per heavy atom. The van der Waals surface area contributed by atoms with Gasteiger partial charge in [-0.1, -0.05) is 30.3 Å². The van der Waals surface area contributed by atoms with Crippen LogP contribution in [-0.4, -0.2) is 11.1 Å². The summed E-state index contributed by atoms with van der Waals surface area (Å²) in [5.74, 6) is -0.773. The fourth-order valence-electron chi connectivity index (χ4n) is 2.24. The van der Waals surface area contributed by atoms with Crippen molar-refractivity contribution >= 4 is 17.3 Å². The van der Waals surface area contributed by atoms with E-state index in [1.807, 2.05) is 48.7 Å². The first-order chi connectivity index (χ1) is 8.54. The molecular weight excluding hydrogens is 244 g/mol. The molecule has 0 spiro atoms. The molecule has 0 bridgehead atoms. The number of hydrogen-bond acceptors (Lipinski definition) is 2. The first-order valence-corrected chi connectivity index (χ1v) is 6.74. The van der Waals surface area contributed by atoms with E-state index in [1.54, 1.807) is 18.3 Å². The third-order valence-corrected chi connectivity index (χ3v) is 4.20. The number of carboxylic acid groups (broad SMARTS) is 1. The molecule has 1 aromatic carbocycles. The van der Waals surface area contributed by atoms with E-state index in [0.29, 0.717) is 6.42 Å². The Hall–Kier alpha value is -1.61. The molecule has 1 atom stereocenters. The Labute approximate surface area is 111 Å². The van der Waals surface area contributed by atoms with Crippen molar-refractivity contribution in [2.45, 2.75) is 25.7 Å². The van der Waals surface area contributed by atoms with Crippen LogP contribution in [0.5, 0.6) is 0 Å². The molecule has 1 aromatic heterocycles. The van der Waals surface area contributed by atoms with Gasteiger partial charge in [-0.3, -0.25) is 4.79 Å². The van der Waals surface area contributed by atoms with Gasteiger partial charge in [-0.25, -0.2) is 0 Å². The van der Waals surface area contributed by atoms with Gasteiger partial charge in [-0.05, 0) is 36.4 Å². The SMILES string of the molecule is Cc1ccccc1C(C)(Cc1cccs1)C(=O)O. The van der Waals surface area contributed by atoms with Gasteiger partial charge in [0, 0.05) is 11.3 Å². The van der Waals surface area contributed by atoms with E-state index in [9.17, 15) is 9.90 Å². The van der Waals surface area contributed by atoms with Crippen molar-refractivity contribution in [3.05, 3.63) is 57.8 Å². The Bertz CT molecular complexity index is 545. The van der Waals surface area contributed by atoms with Crippen LogP contribution in [0.15, 0.2) is 41.8 Å². The number of thiophene rings is 1. The van der Waals surface area contributed by atoms with E-state index in [0.717, 1.165) is 16.0 Å². The Morgan fingerprint density at radius 3 is 2.56 bits per heavy atom. The predicted molar refractivity (Wildman–Crippen MR) is 74.2 cm³/mol. The number of rotatable bonds is 4. The summed E-state index contributed by atoms with van der Waals surface area (Å²) < 4.78 is 0. The highest BCUT2D eigenvalue weighted by molar-refractivity contribution is 7.09. The molecule has 0 aliphatic heterocycles. The normalized spacial score (nSPS) is 14.1. The summed E-state index contributed by atoms with van der Waals surface area (Å²) >= 11 is 1.60. The standard InChI is InChI=1S/C15H16O2S/c1-11-6-3-4-8-13(11)15(2,14(16)17)10-12-7-5-9-18-12/h3-9H,10H2,1-2H3,(H,16,17). The second-order valence-electron chi connectivity index (χ2n) is 4.71. The molecule has 0 amide bonds. The van der Waals surface area contributed by atoms with Gasteiger partial charge in [0.15, 0.2) is 0 Å². The summed E-state index contributed by atoms with van der Waals surface area (Å²) in [7, 11) is 0. The summed E-state index contributed by atoms with van der Waals surface area (Å²) in [5.41, 5.74) is 1.06. The molecule has 1 N–H and O–H groups in total. The summed E-state index contributed by atoms with van der Waals surface area (Å²) in [6.45, 7) is 3.77. The average molecular weight is 260 g/mol. The van der Waals surface area contributed by atoms with Crippen molar-refractivity contribution in [1.29, 1.82) is 0 Å². The van der Waals surface area contributed by atoms with Gasteiger partial charge in [0.25, 0.3) is 0 Å². The van der Waals surface area contributed by atoms with E-state index in [4.69, 9.17) is 0 Å². The first kappa shape index (κ1) is 12.8. The fraction of sp³-hybridized carbons (Fsp3) is 0.267. The Kier molecular flexibility index (Phi) is 3.53. The van der Waals surface area contributed by atoms with Crippen molar-refractivity contribution in [2.24, 2.45) is 0 Å². The largest absolute Gasteiger partial charge is 0.481 e. The van der Waals surface area contributed by atoms with Crippen LogP contribution in [0.4, 0.5) is 0 Å². The third-order valence-electron chi connectivity index (χ3n) is 3.32. The molecule has 0 radical (unpaired) electrons. The smallest absolute Gasteiger partial charge is 0.314 e. The third kappa shape index (κ3) is 2.31. The van der Waals surface area contributed by atoms with Gasteiger partial charge in [0.1, 0.15) is 0 Å². The zero-order valence-corrected chi connectivity index (χ0v) is 11.3. The minimum absolute atomic E-state index is 0.533. The number of carbonyl (C=O) groups is 1. The second kappa shape index (κ2) is 4.94. The van der Waals surface area contributed by atoms with E-state index < -0.39 is 11.4 Å². The summed E-state index contributed by atoms with van der Waals surface area (Å²) in [4.78, 5) is 12.8. The second-order valence-corrected chi connectivity index (χ2v) is 5.74. The monoisotopic (exact) mass is 260 g/mol. The topological polar surface area (TPSA) is 37.3 Å². The number of aliphatic carboxylic acids is 1. The molecule has 18 heavy (non-hydrogen) atoms. The van der Waals surface area contributed by atoms with Crippen molar-refractivity contribution in [3.63, 3.8) is 0 Å². The molecule has 0 aliphatic carbocycles. The molecule has 94 valence electrons. The molecule has 2 rings (SSSR count). The maximum absolute atomic E-state index is 11.7. The number of carboxylic acids is 1. The van der Waals surface area contributed by atoms with Gasteiger partial charge in [-0.2, -0.15) is 0 Å². The zero-order valence-electron chi connectivity index (χ0n) is 10.5. The lowest BCUT2D eigenvalue weighted by atomic mass is 9.77. The lowest BCUT2D eigenvalue weighted by Crippen LogP contribution is -2.35. The first-order valence-electron chi connectivity index (χ1n) is 5.86. The van der Waals surface area contributed by atoms with E-state index in [2.05, 4.69) is 0 Å². The molecule has 0 saturated heterocycles. The number of benzene rings is 1. The summed E-state index contributed by atoms with van der Waals surface area (Å²) in [5, 5.41) is 11.6. The van der Waals surface area contributed by atoms with Crippen molar-refractivity contribution in [3.8, 4) is 0 Å². The van der Waals surface area contributed by atoms with Gasteiger partial charge < -0.3 is 5.11 Å². The summed E-state index contributed by atoms with van der Waals surface area (Å²) in [6, 6.07) is 11.7. The maximum atomic E-state index is 11.7. The van der Waals surface area contributed by atoms with Gasteiger partial charge in [0.2, 0.25) is 0 Å². The molecular formula is C15H16O2S. The van der Waals surface area contributed by atoms with Gasteiger partial charge in [0.05, 0.1) is 5.41 Å². The average Bonchev–Trinajstić information content (AvgIpc) is 2.81. The Balaban J connectivity index is 2.45. The van der Waals surface area contributed by atoms with Crippen LogP contribution < -0.4 is 0 Å². The molecule has 3 heteroatoms. The number of aryl methyl sites for hydroxylation is 1. The molecule has 0 fully saturated rings. The highest BCUT2D eigenvalue weighted by Crippen LogP contribution is 2.32. The van der Waals surface area contributed by atoms with Gasteiger partial charge >= 0.3 is 5.97 Å². The van der Waals surface area contributed by atoms with Crippen LogP contribution in [0.1, 0.15) is 22.9 Å². The van der Waals surface area contributed by atoms with Crippen molar-refractivity contribution in [2.75, 3.05) is 0 Å².